The second kappa shape index (κ2) is 11.0. The molecular weight excluding hydrogens is 450 g/mol. The summed E-state index contributed by atoms with van der Waals surface area (Å²) >= 11 is 5.92. The van der Waals surface area contributed by atoms with Gasteiger partial charge in [0.05, 0.1) is 0 Å². The summed E-state index contributed by atoms with van der Waals surface area (Å²) in [5, 5.41) is 6.64. The van der Waals surface area contributed by atoms with E-state index in [-0.39, 0.29) is 18.0 Å². The van der Waals surface area contributed by atoms with Crippen molar-refractivity contribution in [2.45, 2.75) is 88.6 Å². The fraction of sp³-hybridized carbons (Fsp3) is 0.654. The SMILES string of the molecule is CN1C(=O)[C@@](CCC2CCCCC2)(C[C@H]2CCCC(NC(=O)Nc3ccc(Cl)cc3)C2)N=C1N. The van der Waals surface area contributed by atoms with Gasteiger partial charge in [-0.1, -0.05) is 56.5 Å². The first-order chi connectivity index (χ1) is 16.3. The van der Waals surface area contributed by atoms with Crippen molar-refractivity contribution in [3.8, 4) is 0 Å². The lowest BCUT2D eigenvalue weighted by molar-refractivity contribution is -0.131. The van der Waals surface area contributed by atoms with Crippen molar-refractivity contribution in [1.82, 2.24) is 10.2 Å². The monoisotopic (exact) mass is 487 g/mol. The maximum atomic E-state index is 13.3. The second-order valence-electron chi connectivity index (χ2n) is 10.4. The molecule has 4 rings (SSSR count). The number of urea groups is 1. The number of carbonyl (C=O) groups excluding carboxylic acids is 2. The number of nitrogens with two attached hydrogens (primary N) is 1. The van der Waals surface area contributed by atoms with Gasteiger partial charge in [0, 0.05) is 23.8 Å². The number of nitrogens with one attached hydrogen (secondary N) is 2. The number of nitrogens with zero attached hydrogens (tertiary/aromatic N) is 2. The van der Waals surface area contributed by atoms with Gasteiger partial charge in [-0.05, 0) is 68.2 Å². The lowest BCUT2D eigenvalue weighted by Gasteiger charge is -2.35. The highest BCUT2D eigenvalue weighted by atomic mass is 35.5. The molecule has 1 aromatic rings. The summed E-state index contributed by atoms with van der Waals surface area (Å²) in [6.45, 7) is 0. The van der Waals surface area contributed by atoms with Crippen LogP contribution in [0.25, 0.3) is 0 Å². The number of hydrogen-bond donors (Lipinski definition) is 3. The van der Waals surface area contributed by atoms with Crippen molar-refractivity contribution in [2.75, 3.05) is 12.4 Å². The standard InChI is InChI=1S/C26H38ClN5O2/c1-32-23(33)26(31-24(32)28,15-14-18-6-3-2-4-7-18)17-19-8-5-9-22(16-19)30-25(34)29-21-12-10-20(27)11-13-21/h10-13,18-19,22H,2-9,14-17H2,1H3,(H2,28,31)(H2,29,30,34)/t19-,22?,26+/m0/s1. The highest BCUT2D eigenvalue weighted by Crippen LogP contribution is 2.40. The first-order valence-corrected chi connectivity index (χ1v) is 13.2. The second-order valence-corrected chi connectivity index (χ2v) is 10.9. The summed E-state index contributed by atoms with van der Waals surface area (Å²) in [7, 11) is 1.73. The summed E-state index contributed by atoms with van der Waals surface area (Å²) in [5.74, 6) is 1.39. The molecule has 1 aliphatic heterocycles. The molecule has 3 aliphatic rings. The van der Waals surface area contributed by atoms with Crippen LogP contribution < -0.4 is 16.4 Å². The summed E-state index contributed by atoms with van der Waals surface area (Å²) in [6.07, 6.45) is 12.8. The van der Waals surface area contributed by atoms with E-state index in [0.717, 1.165) is 38.5 Å². The van der Waals surface area contributed by atoms with E-state index in [1.54, 1.807) is 31.3 Å². The molecule has 0 bridgehead atoms. The molecule has 1 aromatic carbocycles. The largest absolute Gasteiger partial charge is 0.369 e. The Morgan fingerprint density at radius 3 is 2.50 bits per heavy atom. The number of halogens is 1. The van der Waals surface area contributed by atoms with Crippen molar-refractivity contribution < 1.29 is 9.59 Å². The Morgan fingerprint density at radius 2 is 1.82 bits per heavy atom. The fourth-order valence-corrected chi connectivity index (χ4v) is 6.17. The van der Waals surface area contributed by atoms with Gasteiger partial charge < -0.3 is 16.4 Å². The molecule has 1 heterocycles. The predicted octanol–water partition coefficient (Wildman–Crippen LogP) is 5.30. The van der Waals surface area contributed by atoms with Crippen molar-refractivity contribution in [1.29, 1.82) is 0 Å². The Balaban J connectivity index is 1.36. The van der Waals surface area contributed by atoms with E-state index in [4.69, 9.17) is 22.3 Å². The molecule has 0 aromatic heterocycles. The van der Waals surface area contributed by atoms with Gasteiger partial charge >= 0.3 is 6.03 Å². The number of anilines is 1. The Labute approximate surface area is 207 Å². The highest BCUT2D eigenvalue weighted by Gasteiger charge is 2.48. The molecule has 3 atom stereocenters. The van der Waals surface area contributed by atoms with Gasteiger partial charge in [0.15, 0.2) is 5.96 Å². The number of carbonyl (C=O) groups is 2. The van der Waals surface area contributed by atoms with Crippen LogP contribution in [0.15, 0.2) is 29.3 Å². The minimum Gasteiger partial charge on any atom is -0.369 e. The number of guanidine groups is 1. The Hall–Kier alpha value is -2.28. The zero-order chi connectivity index (χ0) is 24.1. The number of benzene rings is 1. The predicted molar refractivity (Wildman–Crippen MR) is 137 cm³/mol. The zero-order valence-corrected chi connectivity index (χ0v) is 20.9. The molecule has 4 N–H and O–H groups in total. The van der Waals surface area contributed by atoms with Crippen molar-refractivity contribution >= 4 is 35.2 Å². The molecule has 1 unspecified atom stereocenters. The molecule has 2 fully saturated rings. The Morgan fingerprint density at radius 1 is 1.12 bits per heavy atom. The lowest BCUT2D eigenvalue weighted by atomic mass is 9.74. The maximum absolute atomic E-state index is 13.3. The molecule has 2 saturated carbocycles. The van der Waals surface area contributed by atoms with Crippen LogP contribution in [0, 0.1) is 11.8 Å². The van der Waals surface area contributed by atoms with Crippen LogP contribution in [0.5, 0.6) is 0 Å². The molecular formula is C26H38ClN5O2. The van der Waals surface area contributed by atoms with Crippen LogP contribution in [0.1, 0.15) is 77.0 Å². The normalized spacial score (nSPS) is 28.0. The van der Waals surface area contributed by atoms with E-state index in [1.165, 1.54) is 37.0 Å². The van der Waals surface area contributed by atoms with Gasteiger partial charge in [-0.25, -0.2) is 9.79 Å². The fourth-order valence-electron chi connectivity index (χ4n) is 6.05. The van der Waals surface area contributed by atoms with Crippen LogP contribution >= 0.6 is 11.6 Å². The van der Waals surface area contributed by atoms with Gasteiger partial charge in [0.25, 0.3) is 5.91 Å². The molecule has 3 amide bonds. The quantitative estimate of drug-likeness (QED) is 0.486. The first kappa shape index (κ1) is 24.8. The van der Waals surface area contributed by atoms with Gasteiger partial charge in [0.2, 0.25) is 0 Å². The average molecular weight is 488 g/mol. The molecule has 7 nitrogen and oxygen atoms in total. The first-order valence-electron chi connectivity index (χ1n) is 12.8. The van der Waals surface area contributed by atoms with Crippen molar-refractivity contribution in [2.24, 2.45) is 22.6 Å². The molecule has 0 saturated heterocycles. The van der Waals surface area contributed by atoms with E-state index < -0.39 is 5.54 Å². The summed E-state index contributed by atoms with van der Waals surface area (Å²) in [6, 6.07) is 6.94. The summed E-state index contributed by atoms with van der Waals surface area (Å²) in [5.41, 5.74) is 6.08. The van der Waals surface area contributed by atoms with Crippen molar-refractivity contribution in [3.05, 3.63) is 29.3 Å². The minimum absolute atomic E-state index is 0.0383. The van der Waals surface area contributed by atoms with Crippen molar-refractivity contribution in [3.63, 3.8) is 0 Å². The van der Waals surface area contributed by atoms with Gasteiger partial charge in [-0.15, -0.1) is 0 Å². The Kier molecular flexibility index (Phi) is 8.02. The number of hydrogen-bond acceptors (Lipinski definition) is 4. The van der Waals surface area contributed by atoms with E-state index in [1.807, 2.05) is 0 Å². The van der Waals surface area contributed by atoms with Crippen LogP contribution in [-0.2, 0) is 4.79 Å². The van der Waals surface area contributed by atoms with E-state index in [9.17, 15) is 9.59 Å². The number of amides is 3. The number of likely N-dealkylation sites (N-methyl/N-ethyl adjacent to an activating group) is 1. The molecule has 2 aliphatic carbocycles. The molecule has 0 radical (unpaired) electrons. The van der Waals surface area contributed by atoms with E-state index in [2.05, 4.69) is 10.6 Å². The minimum atomic E-state index is -0.742. The zero-order valence-electron chi connectivity index (χ0n) is 20.2. The number of rotatable bonds is 7. The summed E-state index contributed by atoms with van der Waals surface area (Å²) in [4.78, 5) is 32.2. The third-order valence-corrected chi connectivity index (χ3v) is 8.16. The number of aliphatic imine (C=N–C) groups is 1. The smallest absolute Gasteiger partial charge is 0.319 e. The van der Waals surface area contributed by atoms with Gasteiger partial charge in [-0.3, -0.25) is 9.69 Å². The third-order valence-electron chi connectivity index (χ3n) is 7.91. The van der Waals surface area contributed by atoms with E-state index >= 15 is 0 Å². The van der Waals surface area contributed by atoms with Gasteiger partial charge in [0.1, 0.15) is 5.54 Å². The maximum Gasteiger partial charge on any atom is 0.319 e. The molecule has 34 heavy (non-hydrogen) atoms. The molecule has 186 valence electrons. The van der Waals surface area contributed by atoms with E-state index in [0.29, 0.717) is 34.9 Å². The summed E-state index contributed by atoms with van der Waals surface area (Å²) < 4.78 is 0. The Bertz CT molecular complexity index is 899. The van der Waals surface area contributed by atoms with Crippen LogP contribution in [0.2, 0.25) is 5.02 Å². The van der Waals surface area contributed by atoms with Gasteiger partial charge in [-0.2, -0.15) is 0 Å². The third kappa shape index (κ3) is 6.04. The van der Waals surface area contributed by atoms with Crippen LogP contribution in [0.4, 0.5) is 10.5 Å². The van der Waals surface area contributed by atoms with Crippen LogP contribution in [0.3, 0.4) is 0 Å². The van der Waals surface area contributed by atoms with Crippen LogP contribution in [-0.4, -0.2) is 41.4 Å². The molecule has 8 heteroatoms. The average Bonchev–Trinajstić information content (AvgIpc) is 3.04. The topological polar surface area (TPSA) is 99.8 Å². The molecule has 0 spiro atoms. The lowest BCUT2D eigenvalue weighted by Crippen LogP contribution is -2.45. The highest BCUT2D eigenvalue weighted by molar-refractivity contribution is 6.30.